The number of pyridine rings is 1. The standard InChI is InChI=1S/C11H11F3N2O3/c12-11(13,14)10(19)16-6-8(5-9(17)18)7-1-3-15-4-2-7/h1-4,8H,5-6H2,(H,16,19)(H,17,18). The third-order valence-corrected chi connectivity index (χ3v) is 2.37. The number of rotatable bonds is 5. The Morgan fingerprint density at radius 3 is 2.37 bits per heavy atom. The Balaban J connectivity index is 2.72. The van der Waals surface area contributed by atoms with Crippen LogP contribution in [0.5, 0.6) is 0 Å². The lowest BCUT2D eigenvalue weighted by molar-refractivity contribution is -0.173. The number of halogens is 3. The van der Waals surface area contributed by atoms with Gasteiger partial charge in [-0.2, -0.15) is 13.2 Å². The summed E-state index contributed by atoms with van der Waals surface area (Å²) in [5.74, 6) is -3.99. The minimum absolute atomic E-state index is 0.387. The minimum Gasteiger partial charge on any atom is -0.481 e. The zero-order valence-corrected chi connectivity index (χ0v) is 9.65. The molecule has 19 heavy (non-hydrogen) atoms. The molecule has 0 aliphatic heterocycles. The molecule has 0 bridgehead atoms. The van der Waals surface area contributed by atoms with Crippen LogP contribution in [0, 0.1) is 0 Å². The van der Waals surface area contributed by atoms with Crippen molar-refractivity contribution < 1.29 is 27.9 Å². The number of alkyl halides is 3. The fourth-order valence-electron chi connectivity index (χ4n) is 1.47. The Labute approximate surface area is 106 Å². The quantitative estimate of drug-likeness (QED) is 0.850. The van der Waals surface area contributed by atoms with Crippen LogP contribution in [0.1, 0.15) is 17.9 Å². The Bertz CT molecular complexity index is 448. The van der Waals surface area contributed by atoms with Crippen LogP contribution in [0.4, 0.5) is 13.2 Å². The van der Waals surface area contributed by atoms with Gasteiger partial charge in [-0.05, 0) is 17.7 Å². The van der Waals surface area contributed by atoms with E-state index < -0.39 is 30.5 Å². The van der Waals surface area contributed by atoms with Crippen LogP contribution in [0.25, 0.3) is 0 Å². The van der Waals surface area contributed by atoms with Crippen molar-refractivity contribution in [1.29, 1.82) is 0 Å². The molecule has 5 nitrogen and oxygen atoms in total. The van der Waals surface area contributed by atoms with E-state index in [0.29, 0.717) is 5.56 Å². The molecule has 1 amide bonds. The second kappa shape index (κ2) is 6.17. The van der Waals surface area contributed by atoms with E-state index in [-0.39, 0.29) is 6.42 Å². The zero-order valence-electron chi connectivity index (χ0n) is 9.65. The number of carbonyl (C=O) groups is 2. The number of carbonyl (C=O) groups excluding carboxylic acids is 1. The molecule has 0 saturated carbocycles. The molecule has 0 fully saturated rings. The van der Waals surface area contributed by atoms with Crippen LogP contribution < -0.4 is 5.32 Å². The highest BCUT2D eigenvalue weighted by Crippen LogP contribution is 2.19. The lowest BCUT2D eigenvalue weighted by Crippen LogP contribution is -2.39. The summed E-state index contributed by atoms with van der Waals surface area (Å²) in [5, 5.41) is 10.4. The number of nitrogens with zero attached hydrogens (tertiary/aromatic N) is 1. The Hall–Kier alpha value is -2.12. The fraction of sp³-hybridized carbons (Fsp3) is 0.364. The van der Waals surface area contributed by atoms with Gasteiger partial charge in [-0.15, -0.1) is 0 Å². The first kappa shape index (κ1) is 14.9. The fourth-order valence-corrected chi connectivity index (χ4v) is 1.47. The van der Waals surface area contributed by atoms with E-state index in [2.05, 4.69) is 4.98 Å². The lowest BCUT2D eigenvalue weighted by atomic mass is 9.96. The molecule has 0 spiro atoms. The van der Waals surface area contributed by atoms with Crippen LogP contribution in [0.3, 0.4) is 0 Å². The maximum Gasteiger partial charge on any atom is 0.471 e. The Kier molecular flexibility index (Phi) is 4.85. The van der Waals surface area contributed by atoms with Crippen LogP contribution >= 0.6 is 0 Å². The summed E-state index contributed by atoms with van der Waals surface area (Å²) in [4.78, 5) is 25.1. The first-order chi connectivity index (χ1) is 8.80. The van der Waals surface area contributed by atoms with Crippen molar-refractivity contribution in [3.05, 3.63) is 30.1 Å². The van der Waals surface area contributed by atoms with E-state index in [0.717, 1.165) is 0 Å². The largest absolute Gasteiger partial charge is 0.481 e. The summed E-state index contributed by atoms with van der Waals surface area (Å²) in [6.07, 6.45) is -2.57. The van der Waals surface area contributed by atoms with Gasteiger partial charge >= 0.3 is 18.1 Å². The molecule has 1 rings (SSSR count). The number of hydrogen-bond donors (Lipinski definition) is 2. The first-order valence-electron chi connectivity index (χ1n) is 5.27. The SMILES string of the molecule is O=C(O)CC(CNC(=O)C(F)(F)F)c1ccncc1. The summed E-state index contributed by atoms with van der Waals surface area (Å²) in [6, 6.07) is 2.99. The molecule has 1 aromatic rings. The van der Waals surface area contributed by atoms with Gasteiger partial charge in [-0.3, -0.25) is 14.6 Å². The third-order valence-electron chi connectivity index (χ3n) is 2.37. The maximum absolute atomic E-state index is 12.0. The highest BCUT2D eigenvalue weighted by atomic mass is 19.4. The molecule has 104 valence electrons. The smallest absolute Gasteiger partial charge is 0.471 e. The van der Waals surface area contributed by atoms with E-state index in [1.54, 1.807) is 5.32 Å². The summed E-state index contributed by atoms with van der Waals surface area (Å²) in [5.41, 5.74) is 0.500. The van der Waals surface area contributed by atoms with Gasteiger partial charge in [0, 0.05) is 24.9 Å². The second-order valence-corrected chi connectivity index (χ2v) is 3.78. The molecule has 1 unspecified atom stereocenters. The minimum atomic E-state index is -4.98. The average molecular weight is 276 g/mol. The first-order valence-corrected chi connectivity index (χ1v) is 5.27. The number of aliphatic carboxylic acids is 1. The van der Waals surface area contributed by atoms with E-state index in [9.17, 15) is 22.8 Å². The van der Waals surface area contributed by atoms with Gasteiger partial charge in [0.2, 0.25) is 0 Å². The van der Waals surface area contributed by atoms with Gasteiger partial charge in [0.05, 0.1) is 6.42 Å². The predicted molar refractivity (Wildman–Crippen MR) is 58.3 cm³/mol. The lowest BCUT2D eigenvalue weighted by Gasteiger charge is -2.16. The van der Waals surface area contributed by atoms with Crippen LogP contribution in [-0.2, 0) is 9.59 Å². The number of aromatic nitrogens is 1. The van der Waals surface area contributed by atoms with Crippen molar-refractivity contribution in [2.24, 2.45) is 0 Å². The molecule has 0 aliphatic rings. The molecule has 1 aromatic heterocycles. The summed E-state index contributed by atoms with van der Waals surface area (Å²) < 4.78 is 36.1. The number of amides is 1. The Morgan fingerprint density at radius 2 is 1.89 bits per heavy atom. The van der Waals surface area contributed by atoms with Crippen molar-refractivity contribution in [2.45, 2.75) is 18.5 Å². The molecule has 2 N–H and O–H groups in total. The van der Waals surface area contributed by atoms with Gasteiger partial charge in [-0.25, -0.2) is 0 Å². The third kappa shape index (κ3) is 4.94. The van der Waals surface area contributed by atoms with Crippen molar-refractivity contribution >= 4 is 11.9 Å². The number of carboxylic acids is 1. The molecule has 0 saturated heterocycles. The van der Waals surface area contributed by atoms with Gasteiger partial charge in [-0.1, -0.05) is 0 Å². The predicted octanol–water partition coefficient (Wildman–Crippen LogP) is 1.32. The molecule has 0 radical (unpaired) electrons. The second-order valence-electron chi connectivity index (χ2n) is 3.78. The normalized spacial score (nSPS) is 12.8. The van der Waals surface area contributed by atoms with E-state index in [1.807, 2.05) is 0 Å². The van der Waals surface area contributed by atoms with Crippen molar-refractivity contribution in [2.75, 3.05) is 6.54 Å². The number of nitrogens with one attached hydrogen (secondary N) is 1. The zero-order chi connectivity index (χ0) is 14.5. The molecule has 8 heteroatoms. The monoisotopic (exact) mass is 276 g/mol. The molecule has 0 aliphatic carbocycles. The summed E-state index contributed by atoms with van der Waals surface area (Å²) in [6.45, 7) is -0.408. The molecule has 1 atom stereocenters. The van der Waals surface area contributed by atoms with Gasteiger partial charge < -0.3 is 10.4 Å². The summed E-state index contributed by atoms with van der Waals surface area (Å²) in [7, 11) is 0. The molecule has 0 aromatic carbocycles. The van der Waals surface area contributed by atoms with E-state index in [1.165, 1.54) is 24.5 Å². The maximum atomic E-state index is 12.0. The molecule has 1 heterocycles. The van der Waals surface area contributed by atoms with E-state index in [4.69, 9.17) is 5.11 Å². The van der Waals surface area contributed by atoms with Gasteiger partial charge in [0.1, 0.15) is 0 Å². The summed E-state index contributed by atoms with van der Waals surface area (Å²) >= 11 is 0. The number of hydrogen-bond acceptors (Lipinski definition) is 3. The highest BCUT2D eigenvalue weighted by Gasteiger charge is 2.38. The van der Waals surface area contributed by atoms with Crippen molar-refractivity contribution in [3.63, 3.8) is 0 Å². The number of carboxylic acid groups (broad SMARTS) is 1. The van der Waals surface area contributed by atoms with Crippen LogP contribution in [0.15, 0.2) is 24.5 Å². The van der Waals surface area contributed by atoms with Crippen molar-refractivity contribution in [3.8, 4) is 0 Å². The topological polar surface area (TPSA) is 79.3 Å². The van der Waals surface area contributed by atoms with E-state index >= 15 is 0 Å². The van der Waals surface area contributed by atoms with Crippen LogP contribution in [0.2, 0.25) is 0 Å². The van der Waals surface area contributed by atoms with Gasteiger partial charge in [0.15, 0.2) is 0 Å². The highest BCUT2D eigenvalue weighted by molar-refractivity contribution is 5.81. The van der Waals surface area contributed by atoms with Crippen molar-refractivity contribution in [1.82, 2.24) is 10.3 Å². The van der Waals surface area contributed by atoms with Crippen LogP contribution in [-0.4, -0.2) is 34.7 Å². The average Bonchev–Trinajstić information content (AvgIpc) is 2.33. The molecular formula is C11H11F3N2O3. The Morgan fingerprint density at radius 1 is 1.32 bits per heavy atom. The molecular weight excluding hydrogens is 265 g/mol. The van der Waals surface area contributed by atoms with Gasteiger partial charge in [0.25, 0.3) is 0 Å².